The summed E-state index contributed by atoms with van der Waals surface area (Å²) in [5, 5.41) is 19.3. The average molecular weight is 274 g/mol. The number of pyridine rings is 1. The molecule has 0 fully saturated rings. The highest BCUT2D eigenvalue weighted by Gasteiger charge is 2.17. The van der Waals surface area contributed by atoms with Crippen LogP contribution in [-0.2, 0) is 9.53 Å². The van der Waals surface area contributed by atoms with Gasteiger partial charge in [0.2, 0.25) is 0 Å². The number of nitriles is 1. The third-order valence-electron chi connectivity index (χ3n) is 2.27. The standard InChI is InChI=1S/C14H18N4O2/c1-9-5-10(11(16)6-15)12(7-17-9)18-8-13(19)20-14(2,3)4/h5,7,16,18H,8H2,1-4H3. The number of nitrogens with zero attached hydrogens (tertiary/aromatic N) is 2. The van der Waals surface area contributed by atoms with Gasteiger partial charge in [-0.3, -0.25) is 15.2 Å². The maximum absolute atomic E-state index is 11.6. The lowest BCUT2D eigenvalue weighted by Gasteiger charge is -2.20. The Morgan fingerprint density at radius 3 is 2.75 bits per heavy atom. The largest absolute Gasteiger partial charge is 0.459 e. The van der Waals surface area contributed by atoms with Crippen molar-refractivity contribution in [1.82, 2.24) is 4.98 Å². The molecule has 0 aliphatic rings. The van der Waals surface area contributed by atoms with E-state index in [4.69, 9.17) is 15.4 Å². The molecule has 0 aromatic carbocycles. The van der Waals surface area contributed by atoms with Crippen molar-refractivity contribution in [2.45, 2.75) is 33.3 Å². The Hall–Kier alpha value is -2.42. The number of aryl methyl sites for hydroxylation is 1. The highest BCUT2D eigenvalue weighted by molar-refractivity contribution is 6.12. The maximum atomic E-state index is 11.6. The van der Waals surface area contributed by atoms with Crippen LogP contribution in [0.4, 0.5) is 5.69 Å². The van der Waals surface area contributed by atoms with Crippen molar-refractivity contribution in [3.8, 4) is 6.07 Å². The number of aromatic nitrogens is 1. The van der Waals surface area contributed by atoms with Crippen molar-refractivity contribution >= 4 is 17.4 Å². The molecule has 0 atom stereocenters. The maximum Gasteiger partial charge on any atom is 0.325 e. The minimum atomic E-state index is -0.549. The average Bonchev–Trinajstić information content (AvgIpc) is 2.34. The Kier molecular flexibility index (Phi) is 4.81. The van der Waals surface area contributed by atoms with Crippen molar-refractivity contribution in [3.05, 3.63) is 23.5 Å². The minimum absolute atomic E-state index is 0.0479. The molecule has 1 aromatic heterocycles. The molecule has 0 radical (unpaired) electrons. The van der Waals surface area contributed by atoms with E-state index in [1.54, 1.807) is 39.8 Å². The van der Waals surface area contributed by atoms with Gasteiger partial charge in [0, 0.05) is 11.3 Å². The van der Waals surface area contributed by atoms with Gasteiger partial charge in [-0.05, 0) is 33.8 Å². The Morgan fingerprint density at radius 2 is 2.20 bits per heavy atom. The first-order valence-electron chi connectivity index (χ1n) is 6.14. The van der Waals surface area contributed by atoms with Crippen LogP contribution < -0.4 is 5.32 Å². The van der Waals surface area contributed by atoms with Crippen molar-refractivity contribution in [2.75, 3.05) is 11.9 Å². The normalized spacial score (nSPS) is 10.6. The summed E-state index contributed by atoms with van der Waals surface area (Å²) in [4.78, 5) is 15.7. The molecule has 6 nitrogen and oxygen atoms in total. The molecule has 6 heteroatoms. The molecule has 1 heterocycles. The summed E-state index contributed by atoms with van der Waals surface area (Å²) in [5.74, 6) is -0.410. The fraction of sp³-hybridized carbons (Fsp3) is 0.429. The lowest BCUT2D eigenvalue weighted by atomic mass is 10.1. The number of nitrogens with one attached hydrogen (secondary N) is 2. The van der Waals surface area contributed by atoms with Gasteiger partial charge < -0.3 is 10.1 Å². The molecule has 0 saturated heterocycles. The molecule has 0 spiro atoms. The zero-order valence-electron chi connectivity index (χ0n) is 12.1. The van der Waals surface area contributed by atoms with E-state index in [1.807, 2.05) is 0 Å². The second-order valence-corrected chi connectivity index (χ2v) is 5.30. The van der Waals surface area contributed by atoms with E-state index in [0.29, 0.717) is 16.9 Å². The highest BCUT2D eigenvalue weighted by Crippen LogP contribution is 2.16. The summed E-state index contributed by atoms with van der Waals surface area (Å²) in [6.45, 7) is 7.08. The number of esters is 1. The minimum Gasteiger partial charge on any atom is -0.459 e. The van der Waals surface area contributed by atoms with E-state index in [1.165, 1.54) is 6.20 Å². The number of ether oxygens (including phenoxy) is 1. The van der Waals surface area contributed by atoms with E-state index in [-0.39, 0.29) is 12.3 Å². The van der Waals surface area contributed by atoms with E-state index in [0.717, 1.165) is 0 Å². The summed E-state index contributed by atoms with van der Waals surface area (Å²) >= 11 is 0. The Balaban J connectivity index is 2.81. The highest BCUT2D eigenvalue weighted by atomic mass is 16.6. The third kappa shape index (κ3) is 4.69. The van der Waals surface area contributed by atoms with Crippen LogP contribution in [0.2, 0.25) is 0 Å². The number of rotatable bonds is 4. The number of carbonyl (C=O) groups is 1. The third-order valence-corrected chi connectivity index (χ3v) is 2.27. The van der Waals surface area contributed by atoms with Gasteiger partial charge in [-0.2, -0.15) is 5.26 Å². The molecule has 106 valence electrons. The van der Waals surface area contributed by atoms with Crippen LogP contribution in [0.5, 0.6) is 0 Å². The van der Waals surface area contributed by atoms with Gasteiger partial charge in [-0.15, -0.1) is 0 Å². The summed E-state index contributed by atoms with van der Waals surface area (Å²) in [6, 6.07) is 3.40. The summed E-state index contributed by atoms with van der Waals surface area (Å²) in [6.07, 6.45) is 1.50. The molecule has 0 aliphatic heterocycles. The van der Waals surface area contributed by atoms with E-state index in [9.17, 15) is 4.79 Å². The fourth-order valence-electron chi connectivity index (χ4n) is 1.51. The predicted molar refractivity (Wildman–Crippen MR) is 75.8 cm³/mol. The van der Waals surface area contributed by atoms with Gasteiger partial charge in [0.15, 0.2) is 0 Å². The first-order valence-corrected chi connectivity index (χ1v) is 6.14. The van der Waals surface area contributed by atoms with Crippen LogP contribution in [-0.4, -0.2) is 28.8 Å². The summed E-state index contributed by atoms with van der Waals surface area (Å²) in [7, 11) is 0. The zero-order valence-corrected chi connectivity index (χ0v) is 12.1. The molecule has 0 bridgehead atoms. The van der Waals surface area contributed by atoms with Crippen LogP contribution >= 0.6 is 0 Å². The Morgan fingerprint density at radius 1 is 1.55 bits per heavy atom. The summed E-state index contributed by atoms with van der Waals surface area (Å²) < 4.78 is 5.17. The van der Waals surface area contributed by atoms with Gasteiger partial charge in [0.1, 0.15) is 23.9 Å². The number of hydrogen-bond donors (Lipinski definition) is 2. The molecule has 2 N–H and O–H groups in total. The van der Waals surface area contributed by atoms with Gasteiger partial charge in [0.05, 0.1) is 11.9 Å². The topological polar surface area (TPSA) is 98.9 Å². The van der Waals surface area contributed by atoms with Crippen LogP contribution in [0.15, 0.2) is 12.3 Å². The van der Waals surface area contributed by atoms with Crippen LogP contribution in [0, 0.1) is 23.7 Å². The van der Waals surface area contributed by atoms with Crippen molar-refractivity contribution < 1.29 is 9.53 Å². The smallest absolute Gasteiger partial charge is 0.325 e. The lowest BCUT2D eigenvalue weighted by molar-refractivity contribution is -0.152. The van der Waals surface area contributed by atoms with E-state index in [2.05, 4.69) is 10.3 Å². The molecule has 1 rings (SSSR count). The second kappa shape index (κ2) is 6.15. The predicted octanol–water partition coefficient (Wildman–Crippen LogP) is 2.04. The number of carbonyl (C=O) groups excluding carboxylic acids is 1. The van der Waals surface area contributed by atoms with E-state index >= 15 is 0 Å². The molecular formula is C14H18N4O2. The molecular weight excluding hydrogens is 256 g/mol. The van der Waals surface area contributed by atoms with E-state index < -0.39 is 11.6 Å². The molecule has 1 aromatic rings. The number of hydrogen-bond acceptors (Lipinski definition) is 6. The lowest BCUT2D eigenvalue weighted by Crippen LogP contribution is -2.28. The van der Waals surface area contributed by atoms with Crippen LogP contribution in [0.25, 0.3) is 0 Å². The van der Waals surface area contributed by atoms with Crippen molar-refractivity contribution in [2.24, 2.45) is 0 Å². The second-order valence-electron chi connectivity index (χ2n) is 5.30. The summed E-state index contributed by atoms with van der Waals surface area (Å²) in [5.41, 5.74) is 0.855. The molecule has 20 heavy (non-hydrogen) atoms. The first-order chi connectivity index (χ1) is 9.23. The van der Waals surface area contributed by atoms with Crippen molar-refractivity contribution in [3.63, 3.8) is 0 Å². The Bertz CT molecular complexity index is 568. The number of anilines is 1. The van der Waals surface area contributed by atoms with Gasteiger partial charge >= 0.3 is 5.97 Å². The van der Waals surface area contributed by atoms with Crippen LogP contribution in [0.1, 0.15) is 32.0 Å². The first kappa shape index (κ1) is 15.6. The molecule has 0 unspecified atom stereocenters. The fourth-order valence-corrected chi connectivity index (χ4v) is 1.51. The van der Waals surface area contributed by atoms with Crippen molar-refractivity contribution in [1.29, 1.82) is 10.7 Å². The molecule has 0 aliphatic carbocycles. The van der Waals surface area contributed by atoms with Gasteiger partial charge in [0.25, 0.3) is 0 Å². The zero-order chi connectivity index (χ0) is 15.3. The quantitative estimate of drug-likeness (QED) is 0.646. The Labute approximate surface area is 118 Å². The van der Waals surface area contributed by atoms with Gasteiger partial charge in [-0.25, -0.2) is 0 Å². The molecule has 0 saturated carbocycles. The molecule has 0 amide bonds. The monoisotopic (exact) mass is 274 g/mol. The SMILES string of the molecule is Cc1cc(C(=N)C#N)c(NCC(=O)OC(C)(C)C)cn1. The van der Waals surface area contributed by atoms with Crippen LogP contribution in [0.3, 0.4) is 0 Å². The van der Waals surface area contributed by atoms with Gasteiger partial charge in [-0.1, -0.05) is 0 Å².